The Morgan fingerprint density at radius 2 is 1.83 bits per heavy atom. The van der Waals surface area contributed by atoms with Gasteiger partial charge in [-0.15, -0.1) is 0 Å². The average Bonchev–Trinajstić information content (AvgIpc) is 2.81. The molecule has 1 atom stereocenters. The van der Waals surface area contributed by atoms with Crippen LogP contribution in [0.15, 0.2) is 24.3 Å². The van der Waals surface area contributed by atoms with E-state index in [-0.39, 0.29) is 23.5 Å². The number of ketones is 1. The highest BCUT2D eigenvalue weighted by Gasteiger charge is 2.25. The van der Waals surface area contributed by atoms with Gasteiger partial charge in [-0.3, -0.25) is 9.59 Å². The van der Waals surface area contributed by atoms with Crippen LogP contribution in [-0.2, 0) is 4.79 Å². The molecule has 4 nitrogen and oxygen atoms in total. The lowest BCUT2D eigenvalue weighted by atomic mass is 9.88. The van der Waals surface area contributed by atoms with Gasteiger partial charge in [0.2, 0.25) is 5.91 Å². The fraction of sp³-hybridized carbons (Fsp3) is 0.353. The molecule has 0 aliphatic heterocycles. The Labute approximate surface area is 144 Å². The van der Waals surface area contributed by atoms with Crippen LogP contribution >= 0.6 is 22.9 Å². The molecule has 0 spiro atoms. The molecule has 0 radical (unpaired) electrons. The first-order valence-corrected chi connectivity index (χ1v) is 8.53. The number of thiazole rings is 1. The molecule has 122 valence electrons. The number of carbonyl (C=O) groups is 2. The Bertz CT molecular complexity index is 723. The van der Waals surface area contributed by atoms with Gasteiger partial charge >= 0.3 is 0 Å². The lowest BCUT2D eigenvalue weighted by molar-refractivity contribution is -0.118. The van der Waals surface area contributed by atoms with E-state index < -0.39 is 0 Å². The molecule has 1 N–H and O–H groups in total. The predicted octanol–water partition coefficient (Wildman–Crippen LogP) is 4.69. The normalized spacial score (nSPS) is 12.3. The molecule has 0 fully saturated rings. The SMILES string of the molecule is CC(=O)c1sc(NC(=O)[C@@H](c2ccc(Cl)cc2)C(C)C)nc1C. The predicted molar refractivity (Wildman–Crippen MR) is 94.5 cm³/mol. The molecule has 1 aromatic carbocycles. The molecule has 23 heavy (non-hydrogen) atoms. The number of hydrogen-bond donors (Lipinski definition) is 1. The van der Waals surface area contributed by atoms with Crippen molar-refractivity contribution in [1.82, 2.24) is 4.98 Å². The maximum absolute atomic E-state index is 12.7. The average molecular weight is 351 g/mol. The highest BCUT2D eigenvalue weighted by molar-refractivity contribution is 7.17. The summed E-state index contributed by atoms with van der Waals surface area (Å²) in [4.78, 5) is 29.0. The second-order valence-corrected chi connectivity index (χ2v) is 7.19. The van der Waals surface area contributed by atoms with Crippen molar-refractivity contribution in [3.05, 3.63) is 45.4 Å². The van der Waals surface area contributed by atoms with Crippen molar-refractivity contribution in [3.8, 4) is 0 Å². The number of hydrogen-bond acceptors (Lipinski definition) is 4. The maximum atomic E-state index is 12.7. The number of anilines is 1. The molecule has 1 aromatic heterocycles. The van der Waals surface area contributed by atoms with Gasteiger partial charge in [0, 0.05) is 11.9 Å². The van der Waals surface area contributed by atoms with E-state index in [0.717, 1.165) is 5.56 Å². The lowest BCUT2D eigenvalue weighted by Gasteiger charge is -2.20. The molecule has 0 bridgehead atoms. The first kappa shape index (κ1) is 17.6. The van der Waals surface area contributed by atoms with E-state index in [4.69, 9.17) is 11.6 Å². The van der Waals surface area contributed by atoms with Gasteiger partial charge in [0.1, 0.15) is 0 Å². The van der Waals surface area contributed by atoms with Gasteiger partial charge in [0.25, 0.3) is 0 Å². The summed E-state index contributed by atoms with van der Waals surface area (Å²) < 4.78 is 0. The summed E-state index contributed by atoms with van der Waals surface area (Å²) in [6.45, 7) is 7.25. The molecule has 0 unspecified atom stereocenters. The molecule has 0 aliphatic carbocycles. The van der Waals surface area contributed by atoms with E-state index in [0.29, 0.717) is 20.7 Å². The molecule has 0 saturated carbocycles. The Morgan fingerprint density at radius 1 is 1.22 bits per heavy atom. The smallest absolute Gasteiger partial charge is 0.233 e. The van der Waals surface area contributed by atoms with Gasteiger partial charge in [-0.1, -0.05) is 48.9 Å². The van der Waals surface area contributed by atoms with Crippen molar-refractivity contribution in [2.24, 2.45) is 5.92 Å². The molecule has 6 heteroatoms. The third-order valence-corrected chi connectivity index (χ3v) is 4.95. The minimum Gasteiger partial charge on any atom is -0.301 e. The fourth-order valence-corrected chi connectivity index (χ4v) is 3.46. The van der Waals surface area contributed by atoms with Gasteiger partial charge in [-0.2, -0.15) is 0 Å². The quantitative estimate of drug-likeness (QED) is 0.796. The van der Waals surface area contributed by atoms with Crippen molar-refractivity contribution < 1.29 is 9.59 Å². The zero-order valence-corrected chi connectivity index (χ0v) is 15.1. The van der Waals surface area contributed by atoms with Crippen molar-refractivity contribution in [1.29, 1.82) is 0 Å². The molecule has 0 aliphatic rings. The van der Waals surface area contributed by atoms with Crippen molar-refractivity contribution in [2.45, 2.75) is 33.6 Å². The van der Waals surface area contributed by atoms with E-state index in [1.165, 1.54) is 18.3 Å². The Balaban J connectivity index is 2.23. The minimum atomic E-state index is -0.308. The highest BCUT2D eigenvalue weighted by Crippen LogP contribution is 2.29. The van der Waals surface area contributed by atoms with Crippen LogP contribution in [-0.4, -0.2) is 16.7 Å². The van der Waals surface area contributed by atoms with Gasteiger partial charge < -0.3 is 5.32 Å². The van der Waals surface area contributed by atoms with E-state index >= 15 is 0 Å². The summed E-state index contributed by atoms with van der Waals surface area (Å²) in [6, 6.07) is 7.28. The molecule has 0 saturated heterocycles. The van der Waals surface area contributed by atoms with Crippen LogP contribution in [0.5, 0.6) is 0 Å². The number of carbonyl (C=O) groups excluding carboxylic acids is 2. The van der Waals surface area contributed by atoms with Crippen molar-refractivity contribution in [2.75, 3.05) is 5.32 Å². The third-order valence-electron chi connectivity index (χ3n) is 3.52. The first-order chi connectivity index (χ1) is 10.8. The summed E-state index contributed by atoms with van der Waals surface area (Å²) in [7, 11) is 0. The zero-order chi connectivity index (χ0) is 17.1. The third kappa shape index (κ3) is 4.18. The zero-order valence-electron chi connectivity index (χ0n) is 13.5. The van der Waals surface area contributed by atoms with Crippen LogP contribution in [0.25, 0.3) is 0 Å². The van der Waals surface area contributed by atoms with Crippen LogP contribution in [0.1, 0.15) is 47.6 Å². The molecule has 2 aromatic rings. The Hall–Kier alpha value is -1.72. The van der Waals surface area contributed by atoms with Crippen molar-refractivity contribution >= 4 is 39.8 Å². The van der Waals surface area contributed by atoms with Gasteiger partial charge in [-0.05, 0) is 30.5 Å². The standard InChI is InChI=1S/C17H19ClN2O2S/c1-9(2)14(12-5-7-13(18)8-6-12)16(22)20-17-19-10(3)15(23-17)11(4)21/h5-9,14H,1-4H3,(H,19,20,22)/t14-/m1/s1. The molecule has 1 heterocycles. The van der Waals surface area contributed by atoms with E-state index in [9.17, 15) is 9.59 Å². The van der Waals surface area contributed by atoms with Crippen LogP contribution < -0.4 is 5.32 Å². The first-order valence-electron chi connectivity index (χ1n) is 7.34. The van der Waals surface area contributed by atoms with Gasteiger partial charge in [-0.25, -0.2) is 4.98 Å². The van der Waals surface area contributed by atoms with E-state index in [2.05, 4.69) is 10.3 Å². The number of benzene rings is 1. The highest BCUT2D eigenvalue weighted by atomic mass is 35.5. The van der Waals surface area contributed by atoms with Crippen LogP contribution in [0, 0.1) is 12.8 Å². The monoisotopic (exact) mass is 350 g/mol. The molecule has 2 rings (SSSR count). The lowest BCUT2D eigenvalue weighted by Crippen LogP contribution is -2.25. The number of Topliss-reactive ketones (excluding diaryl/α,β-unsaturated/α-hetero) is 1. The summed E-state index contributed by atoms with van der Waals surface area (Å²) >= 11 is 7.12. The topological polar surface area (TPSA) is 59.1 Å². The number of aryl methyl sites for hydroxylation is 1. The number of nitrogens with zero attached hydrogens (tertiary/aromatic N) is 1. The van der Waals surface area contributed by atoms with Crippen LogP contribution in [0.4, 0.5) is 5.13 Å². The number of aromatic nitrogens is 1. The number of rotatable bonds is 5. The fourth-order valence-electron chi connectivity index (χ4n) is 2.47. The second kappa shape index (κ2) is 7.23. The van der Waals surface area contributed by atoms with Gasteiger partial charge in [0.05, 0.1) is 16.5 Å². The Morgan fingerprint density at radius 3 is 2.30 bits per heavy atom. The summed E-state index contributed by atoms with van der Waals surface area (Å²) in [5.74, 6) is -0.369. The van der Waals surface area contributed by atoms with Crippen molar-refractivity contribution in [3.63, 3.8) is 0 Å². The number of amides is 1. The minimum absolute atomic E-state index is 0.0430. The maximum Gasteiger partial charge on any atom is 0.233 e. The molecular weight excluding hydrogens is 332 g/mol. The number of halogens is 1. The summed E-state index contributed by atoms with van der Waals surface area (Å²) in [6.07, 6.45) is 0. The second-order valence-electron chi connectivity index (χ2n) is 5.75. The van der Waals surface area contributed by atoms with E-state index in [1.54, 1.807) is 19.1 Å². The Kier molecular flexibility index (Phi) is 5.55. The van der Waals surface area contributed by atoms with Gasteiger partial charge in [0.15, 0.2) is 10.9 Å². The van der Waals surface area contributed by atoms with E-state index in [1.807, 2.05) is 26.0 Å². The summed E-state index contributed by atoms with van der Waals surface area (Å²) in [5, 5.41) is 3.93. The molecule has 1 amide bonds. The summed E-state index contributed by atoms with van der Waals surface area (Å²) in [5.41, 5.74) is 1.55. The molecular formula is C17H19ClN2O2S. The largest absolute Gasteiger partial charge is 0.301 e. The van der Waals surface area contributed by atoms with Crippen LogP contribution in [0.3, 0.4) is 0 Å². The van der Waals surface area contributed by atoms with Crippen LogP contribution in [0.2, 0.25) is 5.02 Å². The number of nitrogens with one attached hydrogen (secondary N) is 1.